The molecule has 4 aromatic rings. The van der Waals surface area contributed by atoms with Crippen molar-refractivity contribution in [3.8, 4) is 28.3 Å². The highest BCUT2D eigenvalue weighted by Gasteiger charge is 2.61. The number of halogens is 4. The molecular weight excluding hydrogens is 568 g/mol. The molecule has 2 saturated heterocycles. The van der Waals surface area contributed by atoms with E-state index in [4.69, 9.17) is 9.47 Å². The van der Waals surface area contributed by atoms with E-state index in [0.717, 1.165) is 19.3 Å². The maximum Gasteiger partial charge on any atom is 0.249 e. The number of aromatic nitrogens is 6. The predicted molar refractivity (Wildman–Crippen MR) is 149 cm³/mol. The van der Waals surface area contributed by atoms with E-state index >= 15 is 4.39 Å². The number of rotatable bonds is 7. The van der Waals surface area contributed by atoms with Gasteiger partial charge in [0.25, 0.3) is 0 Å². The van der Waals surface area contributed by atoms with E-state index in [1.807, 2.05) is 4.90 Å². The van der Waals surface area contributed by atoms with Gasteiger partial charge < -0.3 is 19.7 Å². The molecule has 1 aliphatic carbocycles. The molecule has 1 saturated carbocycles. The highest BCUT2D eigenvalue weighted by atomic mass is 19.3. The van der Waals surface area contributed by atoms with Gasteiger partial charge in [-0.25, -0.2) is 27.5 Å². The van der Waals surface area contributed by atoms with Crippen molar-refractivity contribution in [1.29, 1.82) is 0 Å². The Morgan fingerprint density at radius 1 is 1.05 bits per heavy atom. The molecule has 1 aromatic carbocycles. The number of nitrogens with zero attached hydrogens (tertiary/aromatic N) is 7. The number of anilines is 3. The molecule has 1 N–H and O–H groups in total. The summed E-state index contributed by atoms with van der Waals surface area (Å²) in [6, 6.07) is 6.11. The van der Waals surface area contributed by atoms with Gasteiger partial charge in [0.1, 0.15) is 23.6 Å². The molecule has 1 atom stereocenters. The van der Waals surface area contributed by atoms with Gasteiger partial charge in [-0.15, -0.1) is 10.2 Å². The number of hydrogen-bond acceptors (Lipinski definition) is 8. The summed E-state index contributed by atoms with van der Waals surface area (Å²) >= 11 is 0. The van der Waals surface area contributed by atoms with Gasteiger partial charge in [0.05, 0.1) is 18.2 Å². The van der Waals surface area contributed by atoms with Crippen LogP contribution in [0.5, 0.6) is 5.75 Å². The van der Waals surface area contributed by atoms with Crippen LogP contribution in [-0.2, 0) is 11.8 Å². The van der Waals surface area contributed by atoms with E-state index in [1.54, 1.807) is 25.4 Å². The lowest BCUT2D eigenvalue weighted by atomic mass is 9.61. The second-order valence-corrected chi connectivity index (χ2v) is 11.6. The first kappa shape index (κ1) is 27.6. The van der Waals surface area contributed by atoms with Crippen LogP contribution in [0.3, 0.4) is 0 Å². The van der Waals surface area contributed by atoms with Crippen LogP contribution >= 0.6 is 0 Å². The van der Waals surface area contributed by atoms with Gasteiger partial charge in [-0.3, -0.25) is 0 Å². The molecule has 0 bridgehead atoms. The van der Waals surface area contributed by atoms with Crippen LogP contribution in [0.2, 0.25) is 0 Å². The average Bonchev–Trinajstić information content (AvgIpc) is 3.52. The Morgan fingerprint density at radius 2 is 1.86 bits per heavy atom. The fourth-order valence-corrected chi connectivity index (χ4v) is 6.31. The van der Waals surface area contributed by atoms with Crippen LogP contribution in [0.1, 0.15) is 38.3 Å². The molecule has 226 valence electrons. The zero-order valence-electron chi connectivity index (χ0n) is 23.7. The summed E-state index contributed by atoms with van der Waals surface area (Å²) in [5, 5.41) is 11.4. The van der Waals surface area contributed by atoms with Crippen molar-refractivity contribution in [3.05, 3.63) is 48.4 Å². The monoisotopic (exact) mass is 598 g/mol. The fourth-order valence-electron chi connectivity index (χ4n) is 6.31. The third kappa shape index (κ3) is 5.07. The van der Waals surface area contributed by atoms with E-state index < -0.39 is 17.7 Å². The lowest BCUT2D eigenvalue weighted by Crippen LogP contribution is -2.66. The third-order valence-corrected chi connectivity index (χ3v) is 8.37. The molecule has 7 rings (SSSR count). The third-order valence-electron chi connectivity index (χ3n) is 8.37. The number of methoxy groups -OCH3 is 1. The van der Waals surface area contributed by atoms with Crippen molar-refractivity contribution in [1.82, 2.24) is 29.5 Å². The van der Waals surface area contributed by atoms with Crippen molar-refractivity contribution >= 4 is 17.5 Å². The van der Waals surface area contributed by atoms with E-state index in [-0.39, 0.29) is 35.6 Å². The predicted octanol–water partition coefficient (Wildman–Crippen LogP) is 5.71. The van der Waals surface area contributed by atoms with Gasteiger partial charge in [-0.1, -0.05) is 0 Å². The molecule has 10 nitrogen and oxygen atoms in total. The standard InChI is InChI=1S/C29H30F4N8O2/c1-39-27(35-17-6-7-18(21(30)9-17)20-12-41(37-25(20)31)24-5-3-4-8-43-24)36-26(38-39)19-11-34-23(10-22(19)42-2)40-15-28(16-40)13-29(32,33)14-28/h6-7,9-12,24H,3-5,8,13-16H2,1-2H3,(H,35,36,38). The number of alkyl halides is 2. The fraction of sp³-hybridized carbons (Fsp3) is 0.448. The molecule has 14 heteroatoms. The van der Waals surface area contributed by atoms with Crippen molar-refractivity contribution in [2.75, 3.05) is 37.0 Å². The second-order valence-electron chi connectivity index (χ2n) is 11.6. The maximum absolute atomic E-state index is 15.2. The number of pyridine rings is 1. The summed E-state index contributed by atoms with van der Waals surface area (Å²) in [6.07, 6.45) is 5.18. The molecule has 1 spiro atoms. The molecule has 5 heterocycles. The van der Waals surface area contributed by atoms with Crippen LogP contribution in [0, 0.1) is 17.2 Å². The highest BCUT2D eigenvalue weighted by Crippen LogP contribution is 2.57. The first-order valence-electron chi connectivity index (χ1n) is 14.1. The molecule has 3 aliphatic rings. The largest absolute Gasteiger partial charge is 0.496 e. The van der Waals surface area contributed by atoms with Crippen LogP contribution in [0.25, 0.3) is 22.5 Å². The van der Waals surface area contributed by atoms with Crippen LogP contribution in [0.15, 0.2) is 36.7 Å². The highest BCUT2D eigenvalue weighted by molar-refractivity contribution is 5.70. The lowest BCUT2D eigenvalue weighted by Gasteiger charge is -2.59. The Bertz CT molecular complexity index is 1670. The Kier molecular flexibility index (Phi) is 6.56. The van der Waals surface area contributed by atoms with Crippen LogP contribution in [0.4, 0.5) is 35.0 Å². The summed E-state index contributed by atoms with van der Waals surface area (Å²) in [5.41, 5.74) is 0.745. The number of aryl methyl sites for hydroxylation is 1. The molecule has 43 heavy (non-hydrogen) atoms. The summed E-state index contributed by atoms with van der Waals surface area (Å²) in [7, 11) is 3.21. The summed E-state index contributed by atoms with van der Waals surface area (Å²) in [4.78, 5) is 11.0. The van der Waals surface area contributed by atoms with Crippen molar-refractivity contribution < 1.29 is 27.0 Å². The summed E-state index contributed by atoms with van der Waals surface area (Å²) < 4.78 is 70.8. The minimum atomic E-state index is -2.56. The number of benzene rings is 1. The summed E-state index contributed by atoms with van der Waals surface area (Å²) in [5.74, 6) is -2.17. The first-order chi connectivity index (χ1) is 20.6. The van der Waals surface area contributed by atoms with Gasteiger partial charge in [-0.2, -0.15) is 9.37 Å². The van der Waals surface area contributed by atoms with Gasteiger partial charge in [0.15, 0.2) is 5.82 Å². The van der Waals surface area contributed by atoms with E-state index in [0.29, 0.717) is 54.3 Å². The Hall–Kier alpha value is -4.20. The maximum atomic E-state index is 15.2. The van der Waals surface area contributed by atoms with Gasteiger partial charge in [0.2, 0.25) is 17.8 Å². The minimum absolute atomic E-state index is 0.0567. The van der Waals surface area contributed by atoms with Gasteiger partial charge >= 0.3 is 0 Å². The van der Waals surface area contributed by atoms with E-state index in [9.17, 15) is 13.2 Å². The van der Waals surface area contributed by atoms with Gasteiger partial charge in [0, 0.05) is 74.7 Å². The lowest BCUT2D eigenvalue weighted by molar-refractivity contribution is -0.170. The number of nitrogens with one attached hydrogen (secondary N) is 1. The topological polar surface area (TPSA) is 95.1 Å². The van der Waals surface area contributed by atoms with Crippen LogP contribution < -0.4 is 15.0 Å². The number of hydrogen-bond donors (Lipinski definition) is 1. The Morgan fingerprint density at radius 3 is 2.56 bits per heavy atom. The van der Waals surface area contributed by atoms with Crippen LogP contribution in [-0.4, -0.2) is 62.3 Å². The van der Waals surface area contributed by atoms with Crippen molar-refractivity contribution in [2.24, 2.45) is 12.5 Å². The molecule has 2 aliphatic heterocycles. The normalized spacial score (nSPS) is 20.5. The first-order valence-corrected chi connectivity index (χ1v) is 14.1. The SMILES string of the molecule is COc1cc(N2CC3(C2)CC(F)(F)C3)ncc1-c1nc(Nc2ccc(-c3cn(C4CCCCO4)nc3F)c(F)c2)n(C)n1. The smallest absolute Gasteiger partial charge is 0.249 e. The molecular formula is C29H30F4N8O2. The summed E-state index contributed by atoms with van der Waals surface area (Å²) in [6.45, 7) is 1.65. The second kappa shape index (κ2) is 10.2. The zero-order chi connectivity index (χ0) is 29.9. The van der Waals surface area contributed by atoms with E-state index in [2.05, 4.69) is 25.5 Å². The zero-order valence-corrected chi connectivity index (χ0v) is 23.7. The number of ether oxygens (including phenoxy) is 2. The quantitative estimate of drug-likeness (QED) is 0.271. The van der Waals surface area contributed by atoms with Gasteiger partial charge in [-0.05, 0) is 37.5 Å². The van der Waals surface area contributed by atoms with Crippen molar-refractivity contribution in [3.63, 3.8) is 0 Å². The minimum Gasteiger partial charge on any atom is -0.496 e. The Labute approximate surface area is 244 Å². The average molecular weight is 599 g/mol. The molecule has 3 fully saturated rings. The molecule has 3 aromatic heterocycles. The molecule has 1 unspecified atom stereocenters. The Balaban J connectivity index is 1.06. The van der Waals surface area contributed by atoms with E-state index in [1.165, 1.54) is 34.8 Å². The van der Waals surface area contributed by atoms with Crippen molar-refractivity contribution in [2.45, 2.75) is 44.3 Å². The molecule has 0 radical (unpaired) electrons. The molecule has 0 amide bonds.